The lowest BCUT2D eigenvalue weighted by Crippen LogP contribution is -2.74. The Labute approximate surface area is 327 Å². The van der Waals surface area contributed by atoms with Crippen LogP contribution in [0.3, 0.4) is 0 Å². The Kier molecular flexibility index (Phi) is 8.59. The normalized spacial score (nSPS) is 17.1. The van der Waals surface area contributed by atoms with Gasteiger partial charge in [-0.25, -0.2) is 9.98 Å². The second-order valence-electron chi connectivity index (χ2n) is 14.1. The van der Waals surface area contributed by atoms with Crippen LogP contribution in [-0.2, 0) is 0 Å². The number of hydrogen-bond acceptors (Lipinski definition) is 4. The topological polar surface area (TPSA) is 36.8 Å². The first-order valence-electron chi connectivity index (χ1n) is 18.8. The van der Waals surface area contributed by atoms with E-state index < -0.39 is 8.07 Å². The molecule has 3 aliphatic rings. The molecule has 0 radical (unpaired) electrons. The SMILES string of the molecule is C1=CC2C(=C1)Sc1cc(C3=NC(c4ccccc4)N=C(c4ccccc4)N3)cc(-c3cccc([Si](c4ccccc4)(c4ccccc4)c4ccccc4)c3)c12. The van der Waals surface area contributed by atoms with Gasteiger partial charge >= 0.3 is 0 Å². The van der Waals surface area contributed by atoms with E-state index in [1.165, 1.54) is 47.2 Å². The quantitative estimate of drug-likeness (QED) is 0.125. The molecule has 2 heterocycles. The Bertz CT molecular complexity index is 2540. The van der Waals surface area contributed by atoms with Crippen LogP contribution in [0.1, 0.15) is 34.3 Å². The van der Waals surface area contributed by atoms with Gasteiger partial charge < -0.3 is 5.32 Å². The molecule has 55 heavy (non-hydrogen) atoms. The third-order valence-corrected chi connectivity index (χ3v) is 16.9. The first-order chi connectivity index (χ1) is 27.3. The minimum Gasteiger partial charge on any atom is -0.324 e. The third kappa shape index (κ3) is 5.93. The van der Waals surface area contributed by atoms with Crippen molar-refractivity contribution in [2.75, 3.05) is 0 Å². The second kappa shape index (κ2) is 14.2. The number of nitrogens with one attached hydrogen (secondary N) is 1. The number of aliphatic imine (C=N–C) groups is 2. The van der Waals surface area contributed by atoms with Crippen molar-refractivity contribution in [1.29, 1.82) is 0 Å². The average molecular weight is 740 g/mol. The molecule has 10 rings (SSSR count). The van der Waals surface area contributed by atoms with E-state index in [1.807, 2.05) is 23.9 Å². The van der Waals surface area contributed by atoms with Gasteiger partial charge in [0.25, 0.3) is 0 Å². The highest BCUT2D eigenvalue weighted by Gasteiger charge is 2.42. The van der Waals surface area contributed by atoms with Crippen LogP contribution in [0, 0.1) is 0 Å². The Morgan fingerprint density at radius 3 is 1.64 bits per heavy atom. The summed E-state index contributed by atoms with van der Waals surface area (Å²) in [5.41, 5.74) is 6.97. The van der Waals surface area contributed by atoms with E-state index in [4.69, 9.17) is 9.98 Å². The lowest BCUT2D eigenvalue weighted by atomic mass is 9.89. The van der Waals surface area contributed by atoms with Gasteiger partial charge in [-0.15, -0.1) is 0 Å². The number of amidine groups is 2. The first kappa shape index (κ1) is 33.3. The summed E-state index contributed by atoms with van der Waals surface area (Å²) < 4.78 is 0. The van der Waals surface area contributed by atoms with Crippen molar-refractivity contribution in [3.05, 3.63) is 233 Å². The number of nitrogens with zero attached hydrogens (tertiary/aromatic N) is 2. The van der Waals surface area contributed by atoms with E-state index >= 15 is 0 Å². The number of thioether (sulfide) groups is 1. The van der Waals surface area contributed by atoms with Gasteiger partial charge in [0.1, 0.15) is 11.7 Å². The molecule has 1 N–H and O–H groups in total. The number of allylic oxidation sites excluding steroid dienone is 4. The molecule has 7 aromatic rings. The lowest BCUT2D eigenvalue weighted by Gasteiger charge is -2.34. The average Bonchev–Trinajstić information content (AvgIpc) is 3.87. The van der Waals surface area contributed by atoms with E-state index in [9.17, 15) is 0 Å². The molecular weight excluding hydrogens is 703 g/mol. The monoisotopic (exact) mass is 739 g/mol. The van der Waals surface area contributed by atoms with Crippen molar-refractivity contribution in [3.63, 3.8) is 0 Å². The van der Waals surface area contributed by atoms with Crippen molar-refractivity contribution in [1.82, 2.24) is 5.32 Å². The second-order valence-corrected chi connectivity index (χ2v) is 19.1. The molecule has 0 aromatic heterocycles. The van der Waals surface area contributed by atoms with Crippen LogP contribution < -0.4 is 26.1 Å². The molecule has 0 saturated carbocycles. The van der Waals surface area contributed by atoms with E-state index in [2.05, 4.69) is 199 Å². The first-order valence-corrected chi connectivity index (χ1v) is 21.6. The molecule has 0 spiro atoms. The fourth-order valence-electron chi connectivity index (χ4n) is 8.43. The van der Waals surface area contributed by atoms with Gasteiger partial charge in [-0.3, -0.25) is 0 Å². The van der Waals surface area contributed by atoms with Crippen molar-refractivity contribution in [2.24, 2.45) is 9.98 Å². The maximum Gasteiger partial charge on any atom is 0.179 e. The summed E-state index contributed by atoms with van der Waals surface area (Å²) >= 11 is 1.88. The van der Waals surface area contributed by atoms with Crippen LogP contribution in [0.5, 0.6) is 0 Å². The van der Waals surface area contributed by atoms with Crippen LogP contribution in [0.25, 0.3) is 11.1 Å². The Morgan fingerprint density at radius 1 is 0.491 bits per heavy atom. The smallest absolute Gasteiger partial charge is 0.179 e. The van der Waals surface area contributed by atoms with E-state index in [0.717, 1.165) is 28.4 Å². The molecule has 0 fully saturated rings. The van der Waals surface area contributed by atoms with E-state index in [0.29, 0.717) is 0 Å². The number of fused-ring (bicyclic) bond motifs is 3. The summed E-state index contributed by atoms with van der Waals surface area (Å²) in [6.45, 7) is 0. The summed E-state index contributed by atoms with van der Waals surface area (Å²) in [5, 5.41) is 9.12. The fraction of sp³-hybridized carbons (Fsp3) is 0.0400. The van der Waals surface area contributed by atoms with Gasteiger partial charge in [-0.2, -0.15) is 0 Å². The van der Waals surface area contributed by atoms with Gasteiger partial charge in [0, 0.05) is 26.8 Å². The van der Waals surface area contributed by atoms with E-state index in [-0.39, 0.29) is 12.1 Å². The number of hydrogen-bond donors (Lipinski definition) is 1. The lowest BCUT2D eigenvalue weighted by molar-refractivity contribution is 0.755. The Balaban J connectivity index is 1.18. The van der Waals surface area contributed by atoms with Gasteiger partial charge in [0.2, 0.25) is 0 Å². The minimum absolute atomic E-state index is 0.242. The van der Waals surface area contributed by atoms with Crippen LogP contribution in [0.4, 0.5) is 0 Å². The Morgan fingerprint density at radius 2 is 1.02 bits per heavy atom. The molecule has 3 nitrogen and oxygen atoms in total. The summed E-state index contributed by atoms with van der Waals surface area (Å²) in [7, 11) is -2.74. The Hall–Kier alpha value is -6.27. The number of benzene rings is 7. The molecule has 2 unspecified atom stereocenters. The van der Waals surface area contributed by atoms with Crippen LogP contribution in [0.15, 0.2) is 226 Å². The fourth-order valence-corrected chi connectivity index (χ4v) is 14.5. The minimum atomic E-state index is -2.74. The zero-order valence-electron chi connectivity index (χ0n) is 30.1. The van der Waals surface area contributed by atoms with Crippen LogP contribution in [0.2, 0.25) is 0 Å². The molecule has 0 saturated heterocycles. The summed E-state index contributed by atoms with van der Waals surface area (Å²) in [6.07, 6.45) is 6.47. The van der Waals surface area contributed by atoms with Gasteiger partial charge in [0.05, 0.1) is 0 Å². The molecule has 0 bridgehead atoms. The third-order valence-electron chi connectivity index (χ3n) is 10.9. The van der Waals surface area contributed by atoms with Gasteiger partial charge in [-0.05, 0) is 55.1 Å². The van der Waals surface area contributed by atoms with Crippen molar-refractivity contribution >= 4 is 52.3 Å². The van der Waals surface area contributed by atoms with Crippen molar-refractivity contribution < 1.29 is 0 Å². The van der Waals surface area contributed by atoms with Gasteiger partial charge in [0.15, 0.2) is 14.2 Å². The molecule has 7 aromatic carbocycles. The van der Waals surface area contributed by atoms with Crippen molar-refractivity contribution in [3.8, 4) is 11.1 Å². The highest BCUT2D eigenvalue weighted by atomic mass is 32.2. The molecule has 1 aliphatic carbocycles. The maximum atomic E-state index is 5.29. The summed E-state index contributed by atoms with van der Waals surface area (Å²) in [6, 6.07) is 68.4. The summed E-state index contributed by atoms with van der Waals surface area (Å²) in [5.74, 6) is 1.89. The van der Waals surface area contributed by atoms with E-state index in [1.54, 1.807) is 0 Å². The van der Waals surface area contributed by atoms with Crippen LogP contribution in [-0.4, -0.2) is 19.7 Å². The molecule has 0 amide bonds. The molecule has 2 atom stereocenters. The predicted octanol–water partition coefficient (Wildman–Crippen LogP) is 8.87. The maximum absolute atomic E-state index is 5.29. The molecular formula is C50H37N3SSi. The standard InChI is InChI=1S/C50H37N3SSi/c1-6-18-35(19-7-1)48-51-49(36-20-8-2-9-21-36)53-50(52-48)38-33-44(47-43-30-17-31-45(43)54-46(47)34-38)37-22-16-29-42(32-37)55(39-23-10-3-11-24-39,40-25-12-4-13-26-40)41-27-14-5-15-28-41/h1-34,43,48H,(H,51,52,53). The zero-order chi connectivity index (χ0) is 36.6. The molecule has 262 valence electrons. The van der Waals surface area contributed by atoms with Crippen LogP contribution >= 0.6 is 11.8 Å². The zero-order valence-corrected chi connectivity index (χ0v) is 31.9. The van der Waals surface area contributed by atoms with Gasteiger partial charge in [-0.1, -0.05) is 206 Å². The summed E-state index contributed by atoms with van der Waals surface area (Å²) in [4.78, 5) is 13.1. The highest BCUT2D eigenvalue weighted by Crippen LogP contribution is 2.54. The molecule has 5 heteroatoms. The molecule has 2 aliphatic heterocycles. The highest BCUT2D eigenvalue weighted by molar-refractivity contribution is 8.03. The van der Waals surface area contributed by atoms with Crippen molar-refractivity contribution in [2.45, 2.75) is 17.0 Å². The number of rotatable bonds is 8. The predicted molar refractivity (Wildman–Crippen MR) is 233 cm³/mol. The largest absolute Gasteiger partial charge is 0.324 e.